The first kappa shape index (κ1) is 19.1. The van der Waals surface area contributed by atoms with Crippen molar-refractivity contribution in [2.75, 3.05) is 6.54 Å². The number of amides is 1. The lowest BCUT2D eigenvalue weighted by atomic mass is 10.1. The van der Waals surface area contributed by atoms with E-state index in [1.165, 1.54) is 11.8 Å². The molecule has 0 radical (unpaired) electrons. The monoisotopic (exact) mass is 370 g/mol. The summed E-state index contributed by atoms with van der Waals surface area (Å²) in [5.74, 6) is 0.0298. The third-order valence-corrected chi connectivity index (χ3v) is 4.92. The molecule has 1 amide bonds. The number of halogens is 1. The molecule has 2 rings (SSSR count). The summed E-state index contributed by atoms with van der Waals surface area (Å²) in [7, 11) is 0. The van der Waals surface area contributed by atoms with Gasteiger partial charge < -0.3 is 4.90 Å². The molecule has 25 heavy (non-hydrogen) atoms. The lowest BCUT2D eigenvalue weighted by Crippen LogP contribution is -2.36. The number of nitriles is 1. The van der Waals surface area contributed by atoms with Crippen LogP contribution in [0.3, 0.4) is 0 Å². The van der Waals surface area contributed by atoms with Crippen LogP contribution in [-0.4, -0.2) is 22.6 Å². The lowest BCUT2D eigenvalue weighted by Gasteiger charge is -2.24. The number of nitrogens with zero attached hydrogens (tertiary/aromatic N) is 2. The predicted octanol–water partition coefficient (Wildman–Crippen LogP) is 4.91. The fourth-order valence-electron chi connectivity index (χ4n) is 2.37. The van der Waals surface area contributed by atoms with Crippen molar-refractivity contribution >= 4 is 29.3 Å². The Balaban J connectivity index is 2.09. The highest BCUT2D eigenvalue weighted by Gasteiger charge is 2.21. The molecule has 0 saturated carbocycles. The van der Waals surface area contributed by atoms with E-state index in [4.69, 9.17) is 16.9 Å². The number of hydrogen-bond donors (Lipinski definition) is 0. The van der Waals surface area contributed by atoms with Gasteiger partial charge in [-0.05, 0) is 48.9 Å². The molecule has 2 aromatic carbocycles. The first-order valence-electron chi connectivity index (χ1n) is 7.84. The number of carbonyl (C=O) groups is 1. The van der Waals surface area contributed by atoms with Gasteiger partial charge in [0.15, 0.2) is 0 Å². The Hall–Kier alpha value is -2.22. The second-order valence-electron chi connectivity index (χ2n) is 5.53. The average Bonchev–Trinajstić information content (AvgIpc) is 2.62. The standard InChI is InChI=1S/C20H19ClN2OS/c1-3-11-23(14-17-6-4-5-16(12-17)13-22)20(24)15(2)25-19-9-7-18(21)8-10-19/h3-10,12,15H,1,11,14H2,2H3. The molecule has 1 unspecified atom stereocenters. The maximum absolute atomic E-state index is 12.8. The highest BCUT2D eigenvalue weighted by molar-refractivity contribution is 8.00. The third kappa shape index (κ3) is 5.67. The van der Waals surface area contributed by atoms with Crippen LogP contribution in [-0.2, 0) is 11.3 Å². The average molecular weight is 371 g/mol. The number of carbonyl (C=O) groups excluding carboxylic acids is 1. The summed E-state index contributed by atoms with van der Waals surface area (Å²) in [6, 6.07) is 16.9. The summed E-state index contributed by atoms with van der Waals surface area (Å²) in [5.41, 5.74) is 1.52. The van der Waals surface area contributed by atoms with Crippen LogP contribution in [0.2, 0.25) is 5.02 Å². The molecule has 0 heterocycles. The third-order valence-electron chi connectivity index (χ3n) is 3.56. The quantitative estimate of drug-likeness (QED) is 0.514. The van der Waals surface area contributed by atoms with Gasteiger partial charge in [-0.2, -0.15) is 5.26 Å². The van der Waals surface area contributed by atoms with E-state index in [9.17, 15) is 4.79 Å². The van der Waals surface area contributed by atoms with E-state index in [0.29, 0.717) is 23.7 Å². The van der Waals surface area contributed by atoms with Gasteiger partial charge in [0.1, 0.15) is 0 Å². The van der Waals surface area contributed by atoms with Crippen molar-refractivity contribution in [1.82, 2.24) is 4.90 Å². The van der Waals surface area contributed by atoms with Crippen LogP contribution in [0.25, 0.3) is 0 Å². The van der Waals surface area contributed by atoms with E-state index in [0.717, 1.165) is 10.5 Å². The normalized spacial score (nSPS) is 11.4. The van der Waals surface area contributed by atoms with E-state index < -0.39 is 0 Å². The van der Waals surface area contributed by atoms with Crippen molar-refractivity contribution in [2.24, 2.45) is 0 Å². The molecule has 128 valence electrons. The topological polar surface area (TPSA) is 44.1 Å². The van der Waals surface area contributed by atoms with Crippen LogP contribution in [0, 0.1) is 11.3 Å². The van der Waals surface area contributed by atoms with Crippen LogP contribution in [0.1, 0.15) is 18.1 Å². The molecule has 0 aliphatic heterocycles. The first-order chi connectivity index (χ1) is 12.0. The molecule has 0 aromatic heterocycles. The van der Waals surface area contributed by atoms with Gasteiger partial charge in [-0.15, -0.1) is 18.3 Å². The minimum absolute atomic E-state index is 0.0298. The summed E-state index contributed by atoms with van der Waals surface area (Å²) in [4.78, 5) is 15.6. The summed E-state index contributed by atoms with van der Waals surface area (Å²) >= 11 is 7.40. The summed E-state index contributed by atoms with van der Waals surface area (Å²) < 4.78 is 0. The Morgan fingerprint density at radius 3 is 2.72 bits per heavy atom. The van der Waals surface area contributed by atoms with Crippen molar-refractivity contribution in [3.8, 4) is 6.07 Å². The Labute approximate surface area is 157 Å². The predicted molar refractivity (Wildman–Crippen MR) is 104 cm³/mol. The van der Waals surface area contributed by atoms with Crippen molar-refractivity contribution in [3.63, 3.8) is 0 Å². The number of rotatable bonds is 7. The van der Waals surface area contributed by atoms with Gasteiger partial charge in [0.05, 0.1) is 16.9 Å². The minimum Gasteiger partial charge on any atom is -0.334 e. The van der Waals surface area contributed by atoms with Crippen molar-refractivity contribution in [2.45, 2.75) is 23.6 Å². The van der Waals surface area contributed by atoms with Crippen molar-refractivity contribution < 1.29 is 4.79 Å². The Kier molecular flexibility index (Phi) is 7.12. The first-order valence-corrected chi connectivity index (χ1v) is 9.10. The van der Waals surface area contributed by atoms with E-state index in [1.54, 1.807) is 23.1 Å². The van der Waals surface area contributed by atoms with Gasteiger partial charge in [0.25, 0.3) is 0 Å². The fraction of sp³-hybridized carbons (Fsp3) is 0.200. The molecule has 0 spiro atoms. The van der Waals surface area contributed by atoms with Crippen LogP contribution >= 0.6 is 23.4 Å². The second kappa shape index (κ2) is 9.31. The van der Waals surface area contributed by atoms with Gasteiger partial charge in [-0.25, -0.2) is 0 Å². The molecule has 2 aromatic rings. The summed E-state index contributed by atoms with van der Waals surface area (Å²) in [6.07, 6.45) is 1.71. The van der Waals surface area contributed by atoms with Crippen LogP contribution < -0.4 is 0 Å². The molecule has 5 heteroatoms. The molecule has 0 aliphatic rings. The molecule has 1 atom stereocenters. The number of benzene rings is 2. The second-order valence-corrected chi connectivity index (χ2v) is 7.38. The van der Waals surface area contributed by atoms with Crippen molar-refractivity contribution in [3.05, 3.63) is 77.3 Å². The highest BCUT2D eigenvalue weighted by atomic mass is 35.5. The summed E-state index contributed by atoms with van der Waals surface area (Å²) in [5, 5.41) is 9.46. The smallest absolute Gasteiger partial charge is 0.236 e. The molecular weight excluding hydrogens is 352 g/mol. The van der Waals surface area contributed by atoms with Gasteiger partial charge in [0.2, 0.25) is 5.91 Å². The molecule has 0 aliphatic carbocycles. The lowest BCUT2D eigenvalue weighted by molar-refractivity contribution is -0.130. The van der Waals surface area contributed by atoms with Crippen LogP contribution in [0.5, 0.6) is 0 Å². The van der Waals surface area contributed by atoms with Gasteiger partial charge in [0, 0.05) is 23.0 Å². The molecule has 0 bridgehead atoms. The molecule has 0 fully saturated rings. The maximum atomic E-state index is 12.8. The maximum Gasteiger partial charge on any atom is 0.236 e. The molecule has 0 saturated heterocycles. The number of thioether (sulfide) groups is 1. The zero-order valence-corrected chi connectivity index (χ0v) is 15.6. The van der Waals surface area contributed by atoms with E-state index >= 15 is 0 Å². The van der Waals surface area contributed by atoms with E-state index in [-0.39, 0.29) is 11.2 Å². The van der Waals surface area contributed by atoms with Gasteiger partial charge in [-0.1, -0.05) is 29.8 Å². The molecule has 0 N–H and O–H groups in total. The van der Waals surface area contributed by atoms with E-state index in [1.807, 2.05) is 43.3 Å². The molecular formula is C20H19ClN2OS. The zero-order valence-electron chi connectivity index (χ0n) is 14.0. The Morgan fingerprint density at radius 1 is 1.36 bits per heavy atom. The van der Waals surface area contributed by atoms with Gasteiger partial charge in [-0.3, -0.25) is 4.79 Å². The SMILES string of the molecule is C=CCN(Cc1cccc(C#N)c1)C(=O)C(C)Sc1ccc(Cl)cc1. The number of hydrogen-bond acceptors (Lipinski definition) is 3. The van der Waals surface area contributed by atoms with Crippen molar-refractivity contribution in [1.29, 1.82) is 5.26 Å². The van der Waals surface area contributed by atoms with Crippen LogP contribution in [0.15, 0.2) is 66.1 Å². The molecule has 3 nitrogen and oxygen atoms in total. The Morgan fingerprint density at radius 2 is 2.08 bits per heavy atom. The van der Waals surface area contributed by atoms with Crippen LogP contribution in [0.4, 0.5) is 0 Å². The fourth-order valence-corrected chi connectivity index (χ4v) is 3.45. The van der Waals surface area contributed by atoms with E-state index in [2.05, 4.69) is 12.6 Å². The zero-order chi connectivity index (χ0) is 18.2. The Bertz CT molecular complexity index is 783. The minimum atomic E-state index is -0.236. The largest absolute Gasteiger partial charge is 0.334 e. The summed E-state index contributed by atoms with van der Waals surface area (Å²) in [6.45, 7) is 6.55. The highest BCUT2D eigenvalue weighted by Crippen LogP contribution is 2.26. The van der Waals surface area contributed by atoms with Gasteiger partial charge >= 0.3 is 0 Å².